The number of hydrogen-bond donors (Lipinski definition) is 0. The van der Waals surface area contributed by atoms with Crippen LogP contribution in [0, 0.1) is 0 Å². The van der Waals surface area contributed by atoms with Gasteiger partial charge in [-0.2, -0.15) is 0 Å². The molecule has 2 aromatic rings. The second-order valence-electron chi connectivity index (χ2n) is 4.84. The van der Waals surface area contributed by atoms with E-state index in [1.807, 2.05) is 0 Å². The molecule has 0 aliphatic carbocycles. The Kier molecular flexibility index (Phi) is 5.52. The molecule has 128 valence electrons. The van der Waals surface area contributed by atoms with Crippen LogP contribution >= 0.6 is 0 Å². The van der Waals surface area contributed by atoms with Crippen molar-refractivity contribution in [2.45, 2.75) is 0 Å². The lowest BCUT2D eigenvalue weighted by molar-refractivity contribution is 0.103. The van der Waals surface area contributed by atoms with Gasteiger partial charge in [0.05, 0.1) is 35.5 Å². The van der Waals surface area contributed by atoms with Crippen molar-refractivity contribution in [1.82, 2.24) is 0 Å². The van der Waals surface area contributed by atoms with Gasteiger partial charge in [-0.05, 0) is 12.1 Å². The summed E-state index contributed by atoms with van der Waals surface area (Å²) in [7, 11) is 7.55. The molecular weight excluding hydrogens is 312 g/mol. The quantitative estimate of drug-likeness (QED) is 0.727. The van der Waals surface area contributed by atoms with E-state index in [1.54, 1.807) is 30.3 Å². The lowest BCUT2D eigenvalue weighted by Gasteiger charge is -2.15. The van der Waals surface area contributed by atoms with E-state index in [2.05, 4.69) is 0 Å². The van der Waals surface area contributed by atoms with Crippen LogP contribution in [0.1, 0.15) is 15.9 Å². The lowest BCUT2D eigenvalue weighted by Crippen LogP contribution is -2.08. The first kappa shape index (κ1) is 17.5. The van der Waals surface area contributed by atoms with Crippen LogP contribution in [0.15, 0.2) is 30.3 Å². The van der Waals surface area contributed by atoms with Gasteiger partial charge in [-0.15, -0.1) is 0 Å². The fourth-order valence-electron chi connectivity index (χ4n) is 2.31. The molecule has 2 aromatic carbocycles. The van der Waals surface area contributed by atoms with E-state index >= 15 is 0 Å². The van der Waals surface area contributed by atoms with Gasteiger partial charge in [0.1, 0.15) is 34.3 Å². The zero-order valence-corrected chi connectivity index (χ0v) is 14.3. The first-order valence-corrected chi connectivity index (χ1v) is 7.15. The van der Waals surface area contributed by atoms with Crippen molar-refractivity contribution < 1.29 is 28.5 Å². The standard InChI is InChI=1S/C18H20O6/c1-20-12-6-11(7-13(8-12)21-2)18(19)17-15(23-4)9-14(22-3)10-16(17)24-5/h6-10H,1-5H3. The Morgan fingerprint density at radius 3 is 1.42 bits per heavy atom. The number of carbonyl (C=O) groups is 1. The molecule has 6 heteroatoms. The summed E-state index contributed by atoms with van der Waals surface area (Å²) in [5.41, 5.74) is 0.698. The Balaban J connectivity index is 2.61. The Morgan fingerprint density at radius 1 is 0.625 bits per heavy atom. The van der Waals surface area contributed by atoms with Gasteiger partial charge in [-0.1, -0.05) is 0 Å². The van der Waals surface area contributed by atoms with Crippen molar-refractivity contribution in [2.75, 3.05) is 35.5 Å². The SMILES string of the molecule is COc1cc(OC)cc(C(=O)c2c(OC)cc(OC)cc2OC)c1. The molecule has 0 unspecified atom stereocenters. The van der Waals surface area contributed by atoms with Gasteiger partial charge in [0.25, 0.3) is 0 Å². The predicted octanol–water partition coefficient (Wildman–Crippen LogP) is 2.96. The Morgan fingerprint density at radius 2 is 1.04 bits per heavy atom. The van der Waals surface area contributed by atoms with Gasteiger partial charge in [0.2, 0.25) is 5.78 Å². The molecule has 0 amide bonds. The highest BCUT2D eigenvalue weighted by Crippen LogP contribution is 2.36. The highest BCUT2D eigenvalue weighted by Gasteiger charge is 2.22. The molecule has 0 aromatic heterocycles. The molecule has 0 radical (unpaired) electrons. The minimum atomic E-state index is -0.274. The molecule has 0 spiro atoms. The highest BCUT2D eigenvalue weighted by molar-refractivity contribution is 6.13. The Hall–Kier alpha value is -2.89. The largest absolute Gasteiger partial charge is 0.497 e. The maximum Gasteiger partial charge on any atom is 0.200 e. The van der Waals surface area contributed by atoms with Crippen molar-refractivity contribution in [3.63, 3.8) is 0 Å². The average molecular weight is 332 g/mol. The number of rotatable bonds is 7. The van der Waals surface area contributed by atoms with Gasteiger partial charge in [0.15, 0.2) is 0 Å². The summed E-state index contributed by atoms with van der Waals surface area (Å²) in [5, 5.41) is 0. The molecule has 0 heterocycles. The molecule has 24 heavy (non-hydrogen) atoms. The minimum absolute atomic E-state index is 0.274. The Labute approximate surface area is 140 Å². The van der Waals surface area contributed by atoms with E-state index in [-0.39, 0.29) is 5.78 Å². The summed E-state index contributed by atoms with van der Waals surface area (Å²) in [6, 6.07) is 8.22. The first-order valence-electron chi connectivity index (χ1n) is 7.15. The van der Waals surface area contributed by atoms with Crippen LogP contribution in [0.4, 0.5) is 0 Å². The molecular formula is C18H20O6. The van der Waals surface area contributed by atoms with Crippen LogP contribution in [0.5, 0.6) is 28.7 Å². The van der Waals surface area contributed by atoms with Crippen LogP contribution in [0.2, 0.25) is 0 Å². The zero-order valence-electron chi connectivity index (χ0n) is 14.3. The molecule has 0 aliphatic heterocycles. The number of ketones is 1. The third-order valence-electron chi connectivity index (χ3n) is 3.56. The molecule has 0 N–H and O–H groups in total. The maximum absolute atomic E-state index is 13.0. The summed E-state index contributed by atoms with van der Waals surface area (Å²) < 4.78 is 26.3. The van der Waals surface area contributed by atoms with Crippen LogP contribution in [0.25, 0.3) is 0 Å². The van der Waals surface area contributed by atoms with Crippen LogP contribution in [0.3, 0.4) is 0 Å². The van der Waals surface area contributed by atoms with Gasteiger partial charge in [0, 0.05) is 23.8 Å². The van der Waals surface area contributed by atoms with Gasteiger partial charge >= 0.3 is 0 Å². The van der Waals surface area contributed by atoms with Crippen molar-refractivity contribution >= 4 is 5.78 Å². The number of methoxy groups -OCH3 is 5. The van der Waals surface area contributed by atoms with Crippen LogP contribution in [-0.2, 0) is 0 Å². The number of ether oxygens (including phenoxy) is 5. The average Bonchev–Trinajstić information content (AvgIpc) is 2.65. The molecule has 0 bridgehead atoms. The molecule has 0 atom stereocenters. The second kappa shape index (κ2) is 7.59. The topological polar surface area (TPSA) is 63.2 Å². The maximum atomic E-state index is 13.0. The van der Waals surface area contributed by atoms with E-state index in [0.717, 1.165) is 0 Å². The van der Waals surface area contributed by atoms with Gasteiger partial charge in [-0.3, -0.25) is 4.79 Å². The van der Waals surface area contributed by atoms with E-state index in [0.29, 0.717) is 39.9 Å². The number of hydrogen-bond acceptors (Lipinski definition) is 6. The number of benzene rings is 2. The normalized spacial score (nSPS) is 10.0. The summed E-state index contributed by atoms with van der Waals surface area (Å²) >= 11 is 0. The molecule has 0 saturated heterocycles. The molecule has 0 aliphatic rings. The summed E-state index contributed by atoms with van der Waals surface area (Å²) in [6.45, 7) is 0. The predicted molar refractivity (Wildman–Crippen MR) is 89.1 cm³/mol. The van der Waals surface area contributed by atoms with E-state index in [4.69, 9.17) is 23.7 Å². The third-order valence-corrected chi connectivity index (χ3v) is 3.56. The van der Waals surface area contributed by atoms with Crippen molar-refractivity contribution in [2.24, 2.45) is 0 Å². The van der Waals surface area contributed by atoms with Gasteiger partial charge in [-0.25, -0.2) is 0 Å². The monoisotopic (exact) mass is 332 g/mol. The number of carbonyl (C=O) groups excluding carboxylic acids is 1. The van der Waals surface area contributed by atoms with Gasteiger partial charge < -0.3 is 23.7 Å². The van der Waals surface area contributed by atoms with Crippen molar-refractivity contribution in [3.8, 4) is 28.7 Å². The summed E-state index contributed by atoms with van der Waals surface area (Å²) in [5.74, 6) is 2.01. The molecule has 2 rings (SSSR count). The molecule has 6 nitrogen and oxygen atoms in total. The highest BCUT2D eigenvalue weighted by atomic mass is 16.5. The minimum Gasteiger partial charge on any atom is -0.497 e. The lowest BCUT2D eigenvalue weighted by atomic mass is 10.0. The summed E-state index contributed by atoms with van der Waals surface area (Å²) in [6.07, 6.45) is 0. The van der Waals surface area contributed by atoms with E-state index in [9.17, 15) is 4.79 Å². The molecule has 0 saturated carbocycles. The van der Waals surface area contributed by atoms with Crippen molar-refractivity contribution in [1.29, 1.82) is 0 Å². The first-order chi connectivity index (χ1) is 11.6. The Bertz CT molecular complexity index is 691. The van der Waals surface area contributed by atoms with Crippen LogP contribution in [-0.4, -0.2) is 41.3 Å². The zero-order chi connectivity index (χ0) is 17.7. The molecule has 0 fully saturated rings. The van der Waals surface area contributed by atoms with E-state index in [1.165, 1.54) is 35.5 Å². The van der Waals surface area contributed by atoms with E-state index < -0.39 is 0 Å². The summed E-state index contributed by atoms with van der Waals surface area (Å²) in [4.78, 5) is 13.0. The fourth-order valence-corrected chi connectivity index (χ4v) is 2.31. The third kappa shape index (κ3) is 3.37. The fraction of sp³-hybridized carbons (Fsp3) is 0.278. The second-order valence-corrected chi connectivity index (χ2v) is 4.84. The smallest absolute Gasteiger partial charge is 0.200 e. The van der Waals surface area contributed by atoms with Crippen LogP contribution < -0.4 is 23.7 Å². The van der Waals surface area contributed by atoms with Crippen molar-refractivity contribution in [3.05, 3.63) is 41.5 Å².